The predicted octanol–water partition coefficient (Wildman–Crippen LogP) is 2.19. The van der Waals surface area contributed by atoms with Crippen LogP contribution < -0.4 is 5.32 Å². The van der Waals surface area contributed by atoms with E-state index in [-0.39, 0.29) is 6.04 Å². The van der Waals surface area contributed by atoms with Crippen molar-refractivity contribution in [1.29, 1.82) is 0 Å². The molecule has 0 saturated carbocycles. The van der Waals surface area contributed by atoms with Crippen molar-refractivity contribution in [2.24, 2.45) is 0 Å². The molecular formula is C13H23N3O2S. The quantitative estimate of drug-likeness (QED) is 0.790. The molecule has 6 heteroatoms. The van der Waals surface area contributed by atoms with Crippen LogP contribution in [0.1, 0.15) is 43.2 Å². The lowest BCUT2D eigenvalue weighted by Crippen LogP contribution is -2.35. The van der Waals surface area contributed by atoms with Crippen LogP contribution in [0.25, 0.3) is 0 Å². The molecule has 0 amide bonds. The smallest absolute Gasteiger partial charge is 0.228 e. The highest BCUT2D eigenvalue weighted by Crippen LogP contribution is 2.38. The molecule has 0 aromatic carbocycles. The summed E-state index contributed by atoms with van der Waals surface area (Å²) in [5, 5.41) is 7.99. The first kappa shape index (κ1) is 14.8. The standard InChI is InChI=1S/C13H23N3O2S/c1-3-6-14-10(9-17-2)8-12-15-13(16-18-12)11-5-4-7-19-11/h10-11,14H,3-9H2,1-2H3. The molecule has 108 valence electrons. The first-order valence-corrected chi connectivity index (χ1v) is 8.04. The summed E-state index contributed by atoms with van der Waals surface area (Å²) >= 11 is 1.93. The molecule has 1 N–H and O–H groups in total. The van der Waals surface area contributed by atoms with Gasteiger partial charge in [0.2, 0.25) is 5.89 Å². The highest BCUT2D eigenvalue weighted by Gasteiger charge is 2.23. The first-order valence-electron chi connectivity index (χ1n) is 7.00. The van der Waals surface area contributed by atoms with Gasteiger partial charge in [0.1, 0.15) is 0 Å². The number of hydrogen-bond donors (Lipinski definition) is 1. The maximum absolute atomic E-state index is 5.36. The Bertz CT molecular complexity index is 367. The maximum Gasteiger partial charge on any atom is 0.228 e. The third-order valence-electron chi connectivity index (χ3n) is 3.17. The van der Waals surface area contributed by atoms with E-state index in [4.69, 9.17) is 9.26 Å². The van der Waals surface area contributed by atoms with Gasteiger partial charge in [-0.1, -0.05) is 12.1 Å². The molecule has 19 heavy (non-hydrogen) atoms. The van der Waals surface area contributed by atoms with Crippen molar-refractivity contribution in [3.63, 3.8) is 0 Å². The van der Waals surface area contributed by atoms with E-state index < -0.39 is 0 Å². The van der Waals surface area contributed by atoms with E-state index in [2.05, 4.69) is 22.4 Å². The Kier molecular flexibility index (Phi) is 6.13. The molecule has 0 radical (unpaired) electrons. The van der Waals surface area contributed by atoms with Gasteiger partial charge in [-0.05, 0) is 31.6 Å². The Labute approximate surface area is 118 Å². The summed E-state index contributed by atoms with van der Waals surface area (Å²) in [5.41, 5.74) is 0. The van der Waals surface area contributed by atoms with Gasteiger partial charge in [-0.25, -0.2) is 0 Å². The minimum absolute atomic E-state index is 0.245. The Hall–Kier alpha value is -0.590. The average molecular weight is 285 g/mol. The second kappa shape index (κ2) is 7.87. The van der Waals surface area contributed by atoms with Gasteiger partial charge in [0, 0.05) is 19.6 Å². The van der Waals surface area contributed by atoms with Gasteiger partial charge < -0.3 is 14.6 Å². The number of ether oxygens (including phenoxy) is 1. The summed E-state index contributed by atoms with van der Waals surface area (Å²) in [5.74, 6) is 2.79. The number of aromatic nitrogens is 2. The van der Waals surface area contributed by atoms with Crippen LogP contribution >= 0.6 is 11.8 Å². The van der Waals surface area contributed by atoms with Crippen LogP contribution in [0.2, 0.25) is 0 Å². The number of hydrogen-bond acceptors (Lipinski definition) is 6. The van der Waals surface area contributed by atoms with Gasteiger partial charge in [-0.15, -0.1) is 0 Å². The van der Waals surface area contributed by atoms with Crippen molar-refractivity contribution in [2.75, 3.05) is 26.0 Å². The Morgan fingerprint density at radius 3 is 3.16 bits per heavy atom. The summed E-state index contributed by atoms with van der Waals surface area (Å²) in [4.78, 5) is 4.53. The van der Waals surface area contributed by atoms with Crippen molar-refractivity contribution < 1.29 is 9.26 Å². The third kappa shape index (κ3) is 4.47. The Morgan fingerprint density at radius 2 is 2.47 bits per heavy atom. The summed E-state index contributed by atoms with van der Waals surface area (Å²) in [6.45, 7) is 3.79. The highest BCUT2D eigenvalue weighted by atomic mass is 32.2. The summed E-state index contributed by atoms with van der Waals surface area (Å²) in [6, 6.07) is 0.245. The summed E-state index contributed by atoms with van der Waals surface area (Å²) in [7, 11) is 1.72. The molecule has 2 rings (SSSR count). The molecule has 1 aromatic rings. The van der Waals surface area contributed by atoms with Crippen LogP contribution in [0.4, 0.5) is 0 Å². The molecule has 0 aliphatic carbocycles. The van der Waals surface area contributed by atoms with Crippen LogP contribution in [0.15, 0.2) is 4.52 Å². The van der Waals surface area contributed by atoms with E-state index >= 15 is 0 Å². The van der Waals surface area contributed by atoms with Gasteiger partial charge in [-0.2, -0.15) is 16.7 Å². The zero-order valence-electron chi connectivity index (χ0n) is 11.7. The SMILES string of the molecule is CCCNC(COC)Cc1nc(C2CCCS2)no1. The van der Waals surface area contributed by atoms with Crippen LogP contribution in [-0.2, 0) is 11.2 Å². The molecule has 1 aliphatic heterocycles. The Morgan fingerprint density at radius 1 is 1.58 bits per heavy atom. The van der Waals surface area contributed by atoms with Gasteiger partial charge in [0.15, 0.2) is 5.82 Å². The molecule has 0 bridgehead atoms. The van der Waals surface area contributed by atoms with Crippen LogP contribution in [-0.4, -0.2) is 42.2 Å². The second-order valence-corrected chi connectivity index (χ2v) is 6.17. The fourth-order valence-corrected chi connectivity index (χ4v) is 3.41. The van der Waals surface area contributed by atoms with Crippen LogP contribution in [0.5, 0.6) is 0 Å². The summed E-state index contributed by atoms with van der Waals surface area (Å²) < 4.78 is 10.6. The molecule has 5 nitrogen and oxygen atoms in total. The Balaban J connectivity index is 1.89. The minimum atomic E-state index is 0.245. The summed E-state index contributed by atoms with van der Waals surface area (Å²) in [6.07, 6.45) is 4.26. The number of thioether (sulfide) groups is 1. The zero-order valence-corrected chi connectivity index (χ0v) is 12.5. The third-order valence-corrected chi connectivity index (χ3v) is 4.55. The zero-order chi connectivity index (χ0) is 13.5. The lowest BCUT2D eigenvalue weighted by molar-refractivity contribution is 0.161. The fourth-order valence-electron chi connectivity index (χ4n) is 2.21. The number of nitrogens with zero attached hydrogens (tertiary/aromatic N) is 2. The van der Waals surface area contributed by atoms with Crippen molar-refractivity contribution in [3.05, 3.63) is 11.7 Å². The van der Waals surface area contributed by atoms with E-state index in [9.17, 15) is 0 Å². The number of methoxy groups -OCH3 is 1. The van der Waals surface area contributed by atoms with Gasteiger partial charge >= 0.3 is 0 Å². The van der Waals surface area contributed by atoms with Crippen molar-refractivity contribution in [3.8, 4) is 0 Å². The number of rotatable bonds is 8. The molecule has 2 heterocycles. The van der Waals surface area contributed by atoms with Crippen molar-refractivity contribution >= 4 is 11.8 Å². The van der Waals surface area contributed by atoms with Gasteiger partial charge in [0.05, 0.1) is 11.9 Å². The van der Waals surface area contributed by atoms with Gasteiger partial charge in [-0.3, -0.25) is 0 Å². The van der Waals surface area contributed by atoms with E-state index in [1.807, 2.05) is 11.8 Å². The largest absolute Gasteiger partial charge is 0.383 e. The normalized spacial score (nSPS) is 20.8. The lowest BCUT2D eigenvalue weighted by Gasteiger charge is -2.15. The topological polar surface area (TPSA) is 60.2 Å². The minimum Gasteiger partial charge on any atom is -0.383 e. The molecule has 1 aliphatic rings. The first-order chi connectivity index (χ1) is 9.33. The maximum atomic E-state index is 5.36. The molecule has 1 saturated heterocycles. The fraction of sp³-hybridized carbons (Fsp3) is 0.846. The van der Waals surface area contributed by atoms with E-state index in [1.54, 1.807) is 7.11 Å². The molecule has 1 aromatic heterocycles. The van der Waals surface area contributed by atoms with Crippen molar-refractivity contribution in [2.45, 2.75) is 43.9 Å². The van der Waals surface area contributed by atoms with E-state index in [0.29, 0.717) is 17.7 Å². The average Bonchev–Trinajstić information content (AvgIpc) is 3.06. The second-order valence-electron chi connectivity index (χ2n) is 4.86. The molecule has 1 fully saturated rings. The monoisotopic (exact) mass is 285 g/mol. The highest BCUT2D eigenvalue weighted by molar-refractivity contribution is 7.99. The molecule has 2 unspecified atom stereocenters. The predicted molar refractivity (Wildman–Crippen MR) is 76.4 cm³/mol. The van der Waals surface area contributed by atoms with Crippen molar-refractivity contribution in [1.82, 2.24) is 15.5 Å². The lowest BCUT2D eigenvalue weighted by atomic mass is 10.2. The van der Waals surface area contributed by atoms with Crippen LogP contribution in [0, 0.1) is 0 Å². The number of nitrogens with one attached hydrogen (secondary N) is 1. The molecule has 2 atom stereocenters. The van der Waals surface area contributed by atoms with Crippen LogP contribution in [0.3, 0.4) is 0 Å². The van der Waals surface area contributed by atoms with Gasteiger partial charge in [0.25, 0.3) is 0 Å². The molecule has 0 spiro atoms. The molecular weight excluding hydrogens is 262 g/mol. The van der Waals surface area contributed by atoms with E-state index in [1.165, 1.54) is 18.6 Å². The van der Waals surface area contributed by atoms with E-state index in [0.717, 1.165) is 25.2 Å².